The van der Waals surface area contributed by atoms with Crippen LogP contribution in [0.1, 0.15) is 13.3 Å². The Morgan fingerprint density at radius 3 is 2.00 bits per heavy atom. The van der Waals surface area contributed by atoms with Crippen LogP contribution in [0.25, 0.3) is 0 Å². The maximum absolute atomic E-state index is 12.3. The lowest BCUT2D eigenvalue weighted by molar-refractivity contribution is -0.270. The summed E-state index contributed by atoms with van der Waals surface area (Å²) >= 11 is 0. The van der Waals surface area contributed by atoms with Gasteiger partial charge in [-0.3, -0.25) is 9.59 Å². The number of alkyl halides is 5. The van der Waals surface area contributed by atoms with Crippen LogP contribution in [0.3, 0.4) is 0 Å². The van der Waals surface area contributed by atoms with Crippen molar-refractivity contribution in [2.24, 2.45) is 0 Å². The number of halogens is 5. The van der Waals surface area contributed by atoms with E-state index in [1.807, 2.05) is 0 Å². The summed E-state index contributed by atoms with van der Waals surface area (Å²) in [6, 6.07) is -1.32. The lowest BCUT2D eigenvalue weighted by Gasteiger charge is -2.20. The fraction of sp³-hybridized carbons (Fsp3) is 0.714. The van der Waals surface area contributed by atoms with Crippen molar-refractivity contribution in [3.05, 3.63) is 0 Å². The zero-order valence-corrected chi connectivity index (χ0v) is 7.94. The van der Waals surface area contributed by atoms with Gasteiger partial charge in [0.1, 0.15) is 0 Å². The molecule has 1 unspecified atom stereocenters. The molecule has 9 heteroatoms. The van der Waals surface area contributed by atoms with E-state index < -0.39 is 36.4 Å². The van der Waals surface area contributed by atoms with E-state index in [1.165, 1.54) is 5.32 Å². The van der Waals surface area contributed by atoms with Gasteiger partial charge in [-0.1, -0.05) is 0 Å². The first-order valence-corrected chi connectivity index (χ1v) is 3.95. The van der Waals surface area contributed by atoms with Crippen molar-refractivity contribution < 1.29 is 36.6 Å². The number of rotatable bonds is 4. The van der Waals surface area contributed by atoms with Gasteiger partial charge in [-0.15, -0.1) is 0 Å². The lowest BCUT2D eigenvalue weighted by Crippen LogP contribution is -2.52. The van der Waals surface area contributed by atoms with E-state index >= 15 is 0 Å². The van der Waals surface area contributed by atoms with Gasteiger partial charge in [0.05, 0.1) is 6.42 Å². The van der Waals surface area contributed by atoms with Crippen molar-refractivity contribution in [2.75, 3.05) is 0 Å². The largest absolute Gasteiger partial charge is 0.481 e. The highest BCUT2D eigenvalue weighted by Gasteiger charge is 2.63. The summed E-state index contributed by atoms with van der Waals surface area (Å²) in [7, 11) is 0. The predicted molar refractivity (Wildman–Crippen MR) is 40.9 cm³/mol. The number of carboxylic acids is 1. The number of carbonyl (C=O) groups is 2. The van der Waals surface area contributed by atoms with Crippen LogP contribution in [-0.4, -0.2) is 35.1 Å². The Morgan fingerprint density at radius 1 is 1.25 bits per heavy atom. The van der Waals surface area contributed by atoms with Gasteiger partial charge in [0, 0.05) is 6.04 Å². The SMILES string of the molecule is CC(CC(=O)O)NC(=O)C(F)(F)C(F)(F)F. The summed E-state index contributed by atoms with van der Waals surface area (Å²) in [4.78, 5) is 20.6. The van der Waals surface area contributed by atoms with Crippen LogP contribution in [-0.2, 0) is 9.59 Å². The minimum Gasteiger partial charge on any atom is -0.481 e. The standard InChI is InChI=1S/C7H8F5NO3/c1-3(2-4(14)15)13-5(16)6(8,9)7(10,11)12/h3H,2H2,1H3,(H,13,16)(H,14,15). The highest BCUT2D eigenvalue weighted by atomic mass is 19.4. The van der Waals surface area contributed by atoms with E-state index in [-0.39, 0.29) is 0 Å². The van der Waals surface area contributed by atoms with Crippen LogP contribution >= 0.6 is 0 Å². The first kappa shape index (κ1) is 14.6. The zero-order chi connectivity index (χ0) is 13.1. The highest BCUT2D eigenvalue weighted by Crippen LogP contribution is 2.35. The summed E-state index contributed by atoms with van der Waals surface area (Å²) in [5.74, 6) is -9.52. The third-order valence-electron chi connectivity index (χ3n) is 1.50. The summed E-state index contributed by atoms with van der Waals surface area (Å²) in [5.41, 5.74) is 0. The molecule has 0 rings (SSSR count). The summed E-state index contributed by atoms with van der Waals surface area (Å²) < 4.78 is 59.7. The fourth-order valence-electron chi connectivity index (χ4n) is 0.756. The molecule has 0 saturated carbocycles. The number of aliphatic carboxylic acids is 1. The minimum absolute atomic E-state index is 0.750. The van der Waals surface area contributed by atoms with E-state index in [4.69, 9.17) is 5.11 Å². The third kappa shape index (κ3) is 3.63. The van der Waals surface area contributed by atoms with Gasteiger partial charge >= 0.3 is 24.0 Å². The third-order valence-corrected chi connectivity index (χ3v) is 1.50. The number of amides is 1. The molecule has 2 N–H and O–H groups in total. The van der Waals surface area contributed by atoms with Crippen molar-refractivity contribution in [2.45, 2.75) is 31.5 Å². The molecule has 0 bridgehead atoms. The second-order valence-electron chi connectivity index (χ2n) is 3.04. The quantitative estimate of drug-likeness (QED) is 0.735. The van der Waals surface area contributed by atoms with Gasteiger partial charge in [-0.25, -0.2) is 0 Å². The summed E-state index contributed by atoms with van der Waals surface area (Å²) in [5, 5.41) is 9.47. The second-order valence-corrected chi connectivity index (χ2v) is 3.04. The summed E-state index contributed by atoms with van der Waals surface area (Å²) in [6.45, 7) is 0.998. The van der Waals surface area contributed by atoms with E-state index in [0.717, 1.165) is 6.92 Å². The molecule has 0 fully saturated rings. The first-order chi connectivity index (χ1) is 6.98. The van der Waals surface area contributed by atoms with Crippen LogP contribution in [0.4, 0.5) is 22.0 Å². The van der Waals surface area contributed by atoms with Gasteiger partial charge in [0.25, 0.3) is 0 Å². The number of carboxylic acid groups (broad SMARTS) is 1. The molecule has 0 heterocycles. The fourth-order valence-corrected chi connectivity index (χ4v) is 0.756. The Hall–Kier alpha value is -1.41. The smallest absolute Gasteiger partial charge is 0.463 e. The van der Waals surface area contributed by atoms with Crippen LogP contribution in [0.5, 0.6) is 0 Å². The molecular weight excluding hydrogens is 241 g/mol. The first-order valence-electron chi connectivity index (χ1n) is 3.95. The number of nitrogens with one attached hydrogen (secondary N) is 1. The Kier molecular flexibility index (Phi) is 4.21. The average molecular weight is 249 g/mol. The van der Waals surface area contributed by atoms with Gasteiger partial charge in [-0.05, 0) is 6.92 Å². The molecule has 0 aliphatic heterocycles. The molecule has 4 nitrogen and oxygen atoms in total. The van der Waals surface area contributed by atoms with Crippen molar-refractivity contribution in [1.29, 1.82) is 0 Å². The molecule has 1 atom stereocenters. The lowest BCUT2D eigenvalue weighted by atomic mass is 10.2. The van der Waals surface area contributed by atoms with Crippen molar-refractivity contribution in [1.82, 2.24) is 5.32 Å². The molecule has 16 heavy (non-hydrogen) atoms. The van der Waals surface area contributed by atoms with Crippen molar-refractivity contribution in [3.8, 4) is 0 Å². The van der Waals surface area contributed by atoms with Gasteiger partial charge in [-0.2, -0.15) is 22.0 Å². The van der Waals surface area contributed by atoms with E-state index in [0.29, 0.717) is 0 Å². The Bertz CT molecular complexity index is 288. The van der Waals surface area contributed by atoms with Crippen LogP contribution < -0.4 is 5.32 Å². The molecule has 0 aliphatic rings. The van der Waals surface area contributed by atoms with Crippen LogP contribution in [0, 0.1) is 0 Å². The highest BCUT2D eigenvalue weighted by molar-refractivity contribution is 5.85. The monoisotopic (exact) mass is 249 g/mol. The topological polar surface area (TPSA) is 66.4 Å². The van der Waals surface area contributed by atoms with Crippen LogP contribution in [0.2, 0.25) is 0 Å². The van der Waals surface area contributed by atoms with Crippen molar-refractivity contribution >= 4 is 11.9 Å². The Balaban J connectivity index is 4.53. The van der Waals surface area contributed by atoms with Gasteiger partial charge in [0.2, 0.25) is 0 Å². The van der Waals surface area contributed by atoms with Gasteiger partial charge in [0.15, 0.2) is 0 Å². The number of hydrogen-bond acceptors (Lipinski definition) is 2. The zero-order valence-electron chi connectivity index (χ0n) is 7.94. The number of hydrogen-bond donors (Lipinski definition) is 2. The second kappa shape index (κ2) is 4.62. The van der Waals surface area contributed by atoms with E-state index in [2.05, 4.69) is 0 Å². The molecule has 94 valence electrons. The molecule has 1 amide bonds. The summed E-state index contributed by atoms with van der Waals surface area (Å²) in [6.07, 6.45) is -6.75. The average Bonchev–Trinajstić information content (AvgIpc) is 1.99. The van der Waals surface area contributed by atoms with Gasteiger partial charge < -0.3 is 10.4 Å². The molecule has 0 radical (unpaired) electrons. The normalized spacial score (nSPS) is 14.4. The van der Waals surface area contributed by atoms with Crippen LogP contribution in [0.15, 0.2) is 0 Å². The number of carbonyl (C=O) groups excluding carboxylic acids is 1. The molecule has 0 aromatic carbocycles. The van der Waals surface area contributed by atoms with Crippen molar-refractivity contribution in [3.63, 3.8) is 0 Å². The molecule has 0 saturated heterocycles. The van der Waals surface area contributed by atoms with E-state index in [1.54, 1.807) is 0 Å². The molecular formula is C7H8F5NO3. The predicted octanol–water partition coefficient (Wildman–Crippen LogP) is 1.16. The maximum atomic E-state index is 12.3. The Labute approximate surface area is 86.4 Å². The minimum atomic E-state index is -6.00. The van der Waals surface area contributed by atoms with E-state index in [9.17, 15) is 31.5 Å². The maximum Gasteiger partial charge on any atom is 0.463 e. The molecule has 0 aliphatic carbocycles. The molecule has 0 aromatic rings. The molecule has 0 spiro atoms. The molecule has 0 aromatic heterocycles. The Morgan fingerprint density at radius 2 is 1.69 bits per heavy atom.